The summed E-state index contributed by atoms with van der Waals surface area (Å²) in [5.41, 5.74) is 33.7. The van der Waals surface area contributed by atoms with Gasteiger partial charge in [-0.3, -0.25) is 24.9 Å². The van der Waals surface area contributed by atoms with E-state index in [1.165, 1.54) is 83.1 Å². The summed E-state index contributed by atoms with van der Waals surface area (Å²) in [5, 5.41) is 2.52. The first-order chi connectivity index (χ1) is 39.1. The Kier molecular flexibility index (Phi) is 18.4. The number of pyridine rings is 1. The molecule has 82 heavy (non-hydrogen) atoms. The summed E-state index contributed by atoms with van der Waals surface area (Å²) < 4.78 is 0. The minimum absolute atomic E-state index is 0.968. The number of hydrogen-bond donors (Lipinski definition) is 0. The highest BCUT2D eigenvalue weighted by Crippen LogP contribution is 2.29. The van der Waals surface area contributed by atoms with E-state index in [0.29, 0.717) is 0 Å². The van der Waals surface area contributed by atoms with Gasteiger partial charge in [-0.2, -0.15) is 0 Å². The maximum absolute atomic E-state index is 4.80. The van der Waals surface area contributed by atoms with Gasteiger partial charge in [0.2, 0.25) is 0 Å². The number of nitrogens with zero attached hydrogens (tertiary/aromatic N) is 11. The van der Waals surface area contributed by atoms with Crippen LogP contribution in [0.15, 0.2) is 128 Å². The van der Waals surface area contributed by atoms with Crippen LogP contribution in [0.25, 0.3) is 77.0 Å². The molecule has 0 radical (unpaired) electrons. The summed E-state index contributed by atoms with van der Waals surface area (Å²) in [6.07, 6.45) is 8.76. The van der Waals surface area contributed by atoms with Gasteiger partial charge in [-0.15, -0.1) is 0 Å². The third kappa shape index (κ3) is 13.4. The molecule has 0 atom stereocenters. The van der Waals surface area contributed by atoms with Gasteiger partial charge in [0.1, 0.15) is 0 Å². The number of benzene rings is 7. The van der Waals surface area contributed by atoms with Gasteiger partial charge in [0.25, 0.3) is 0 Å². The molecule has 0 N–H and O–H groups in total. The van der Waals surface area contributed by atoms with Gasteiger partial charge in [-0.1, -0.05) is 54.6 Å². The molecule has 0 saturated carbocycles. The fourth-order valence-corrected chi connectivity index (χ4v) is 9.61. The second-order valence-electron chi connectivity index (χ2n) is 21.6. The second kappa shape index (κ2) is 25.6. The number of para-hydroxylation sites is 2. The molecule has 0 saturated heterocycles. The lowest BCUT2D eigenvalue weighted by Gasteiger charge is -2.10. The molecule has 0 aliphatic heterocycles. The number of fused-ring (bicyclic) bond motifs is 7. The molecule has 13 rings (SSSR count). The molecule has 0 fully saturated rings. The molecule has 0 amide bonds. The van der Waals surface area contributed by atoms with Gasteiger partial charge in [0, 0.05) is 41.8 Å². The van der Waals surface area contributed by atoms with Gasteiger partial charge in [0.15, 0.2) is 0 Å². The first-order valence-corrected chi connectivity index (χ1v) is 27.8. The zero-order valence-corrected chi connectivity index (χ0v) is 51.0. The maximum Gasteiger partial charge on any atom is 0.0921 e. The van der Waals surface area contributed by atoms with Crippen molar-refractivity contribution in [2.75, 3.05) is 0 Å². The molecule has 414 valence electrons. The molecule has 6 aromatic heterocycles. The summed E-state index contributed by atoms with van der Waals surface area (Å²) in [5.74, 6) is 0. The van der Waals surface area contributed by atoms with E-state index in [-0.39, 0.29) is 0 Å². The molecular formula is C71H75N11. The molecule has 6 heterocycles. The fourth-order valence-electron chi connectivity index (χ4n) is 9.61. The van der Waals surface area contributed by atoms with Crippen LogP contribution in [-0.2, 0) is 0 Å². The molecule has 0 spiro atoms. The van der Waals surface area contributed by atoms with Gasteiger partial charge >= 0.3 is 0 Å². The van der Waals surface area contributed by atoms with Crippen molar-refractivity contribution in [1.29, 1.82) is 0 Å². The molecule has 11 nitrogen and oxygen atoms in total. The van der Waals surface area contributed by atoms with Crippen molar-refractivity contribution in [1.82, 2.24) is 54.8 Å². The average molecular weight is 1080 g/mol. The molecule has 0 bridgehead atoms. The Hall–Kier alpha value is -9.09. The lowest BCUT2D eigenvalue weighted by Crippen LogP contribution is -1.94. The highest BCUT2D eigenvalue weighted by molar-refractivity contribution is 5.98. The minimum Gasteiger partial charge on any atom is -0.253 e. The third-order valence-electron chi connectivity index (χ3n) is 15.5. The summed E-state index contributed by atoms with van der Waals surface area (Å²) in [6, 6.07) is 33.4. The lowest BCUT2D eigenvalue weighted by molar-refractivity contribution is 1.10. The van der Waals surface area contributed by atoms with Crippen molar-refractivity contribution in [2.45, 2.75) is 125 Å². The van der Waals surface area contributed by atoms with Crippen LogP contribution in [0, 0.1) is 125 Å². The van der Waals surface area contributed by atoms with E-state index in [4.69, 9.17) is 4.98 Å². The largest absolute Gasteiger partial charge is 0.253 e. The van der Waals surface area contributed by atoms with Crippen LogP contribution in [0.2, 0.25) is 0 Å². The van der Waals surface area contributed by atoms with Crippen LogP contribution in [0.1, 0.15) is 101 Å². The van der Waals surface area contributed by atoms with Crippen molar-refractivity contribution in [3.63, 3.8) is 0 Å². The summed E-state index contributed by atoms with van der Waals surface area (Å²) >= 11 is 0. The SMILES string of the molecule is Cc1cc(C)c2nccnc2c1C.Cc1cc2nccnc2c(C)c1C.Cc1ccc2c(C)c3ccccc3nc2c1C.Cc1ccc2nc(C)c(C)nc2c1.Cc1cnc2cc(C)c(C)cc2n1.Cc1nc2cccc(C)c2nc1C. The molecular weight excluding hydrogens is 1010 g/mol. The van der Waals surface area contributed by atoms with E-state index in [1.54, 1.807) is 31.0 Å². The number of aromatic nitrogens is 11. The monoisotopic (exact) mass is 1080 g/mol. The predicted octanol–water partition coefficient (Wildman–Crippen LogP) is 17.1. The number of hydrogen-bond acceptors (Lipinski definition) is 11. The predicted molar refractivity (Wildman–Crippen MR) is 342 cm³/mol. The first-order valence-electron chi connectivity index (χ1n) is 27.8. The highest BCUT2D eigenvalue weighted by Gasteiger charge is 2.10. The molecule has 0 unspecified atom stereocenters. The Balaban J connectivity index is 0.000000129. The molecule has 0 aliphatic rings. The van der Waals surface area contributed by atoms with Gasteiger partial charge in [-0.05, 0) is 239 Å². The van der Waals surface area contributed by atoms with Gasteiger partial charge in [0.05, 0.1) is 94.7 Å². The quantitative estimate of drug-likeness (QED) is 0.134. The summed E-state index contributed by atoms with van der Waals surface area (Å²) in [6.45, 7) is 37.3. The topological polar surface area (TPSA) is 142 Å². The Morgan fingerprint density at radius 1 is 0.244 bits per heavy atom. The van der Waals surface area contributed by atoms with Crippen LogP contribution in [0.5, 0.6) is 0 Å². The third-order valence-corrected chi connectivity index (χ3v) is 15.5. The average Bonchev–Trinajstić information content (AvgIpc) is 3.66. The second-order valence-corrected chi connectivity index (χ2v) is 21.6. The van der Waals surface area contributed by atoms with Crippen LogP contribution in [-0.4, -0.2) is 54.8 Å². The van der Waals surface area contributed by atoms with E-state index in [2.05, 4.69) is 213 Å². The van der Waals surface area contributed by atoms with Crippen LogP contribution in [0.3, 0.4) is 0 Å². The summed E-state index contributed by atoms with van der Waals surface area (Å²) in [7, 11) is 0. The summed E-state index contributed by atoms with van der Waals surface area (Å²) in [4.78, 5) is 48.7. The molecule has 13 aromatic rings. The Morgan fingerprint density at radius 2 is 0.805 bits per heavy atom. The first kappa shape index (κ1) is 59.0. The van der Waals surface area contributed by atoms with Crippen LogP contribution in [0.4, 0.5) is 0 Å². The zero-order valence-electron chi connectivity index (χ0n) is 51.0. The molecule has 7 aromatic carbocycles. The van der Waals surface area contributed by atoms with E-state index in [1.807, 2.05) is 58.9 Å². The smallest absolute Gasteiger partial charge is 0.0921 e. The maximum atomic E-state index is 4.80. The Bertz CT molecular complexity index is 4390. The number of rotatable bonds is 0. The normalized spacial score (nSPS) is 10.8. The van der Waals surface area contributed by atoms with Gasteiger partial charge in [-0.25, -0.2) is 29.9 Å². The van der Waals surface area contributed by atoms with E-state index in [0.717, 1.165) is 94.7 Å². The van der Waals surface area contributed by atoms with Crippen LogP contribution < -0.4 is 0 Å². The van der Waals surface area contributed by atoms with E-state index >= 15 is 0 Å². The Morgan fingerprint density at radius 3 is 1.52 bits per heavy atom. The standard InChI is InChI=1S/C16H15N.5C11H12N2/c1-10-8-9-14-12(3)13-6-4-5-7-15(13)17-16(14)11(10)2;1-7-4-10-11(5-8(7)2)13-9(3)6-12-10;1-7-6-10-11(9(3)8(7)2)13-5-4-12-10;1-7-6-8(2)10-11(9(7)3)13-5-4-12-10;1-7-4-5-10-11(6-7)13-9(3)8(2)12-10;1-7-5-4-6-10-11(7)13-9(3)8(2)12-10/h4-9H,1-3H3;5*4-6H,1-3H3. The van der Waals surface area contributed by atoms with Crippen LogP contribution >= 0.6 is 0 Å². The zero-order chi connectivity index (χ0) is 59.1. The fraction of sp³-hybridized carbons (Fsp3) is 0.254. The minimum atomic E-state index is 0.968. The van der Waals surface area contributed by atoms with E-state index in [9.17, 15) is 0 Å². The molecule has 0 aliphatic carbocycles. The molecule has 11 heteroatoms. The van der Waals surface area contributed by atoms with Crippen molar-refractivity contribution >= 4 is 77.0 Å². The lowest BCUT2D eigenvalue weighted by atomic mass is 9.99. The highest BCUT2D eigenvalue weighted by atomic mass is 14.8. The Labute approximate surface area is 483 Å². The van der Waals surface area contributed by atoms with E-state index < -0.39 is 0 Å². The van der Waals surface area contributed by atoms with Gasteiger partial charge < -0.3 is 0 Å². The van der Waals surface area contributed by atoms with Crippen molar-refractivity contribution < 1.29 is 0 Å². The van der Waals surface area contributed by atoms with Crippen molar-refractivity contribution in [2.24, 2.45) is 0 Å². The van der Waals surface area contributed by atoms with Crippen molar-refractivity contribution in [3.8, 4) is 0 Å². The van der Waals surface area contributed by atoms with Crippen molar-refractivity contribution in [3.05, 3.63) is 229 Å². The number of aryl methyl sites for hydroxylation is 17.